The topological polar surface area (TPSA) is 98.2 Å². The maximum Gasteiger partial charge on any atom is 0.244 e. The Morgan fingerprint density at radius 2 is 1.90 bits per heavy atom. The third-order valence-corrected chi connectivity index (χ3v) is 5.59. The van der Waals surface area contributed by atoms with Gasteiger partial charge >= 0.3 is 0 Å². The number of ether oxygens (including phenoxy) is 2. The lowest BCUT2D eigenvalue weighted by Crippen LogP contribution is -2.36. The standard InChI is InChI=1S/C24H25N3O3/c1-23(2,15-25)20-7-6-18(13-19(20)16-9-11-27-12-10-16)24(30-4)14-17(22(26)28)5-8-21(24)29-3/h5-13H,14H2,1-4H3,(H2,26,28). The quantitative estimate of drug-likeness (QED) is 0.792. The van der Waals surface area contributed by atoms with E-state index < -0.39 is 16.9 Å². The lowest BCUT2D eigenvalue weighted by atomic mass is 9.76. The highest BCUT2D eigenvalue weighted by atomic mass is 16.5. The molecule has 0 saturated carbocycles. The van der Waals surface area contributed by atoms with Crippen LogP contribution in [0, 0.1) is 11.3 Å². The number of methoxy groups -OCH3 is 2. The molecule has 2 N–H and O–H groups in total. The van der Waals surface area contributed by atoms with E-state index in [9.17, 15) is 10.1 Å². The van der Waals surface area contributed by atoms with Crippen molar-refractivity contribution in [3.8, 4) is 17.2 Å². The number of rotatable bonds is 6. The lowest BCUT2D eigenvalue weighted by molar-refractivity contribution is -0.115. The lowest BCUT2D eigenvalue weighted by Gasteiger charge is -2.37. The van der Waals surface area contributed by atoms with Gasteiger partial charge in [-0.3, -0.25) is 9.78 Å². The molecule has 3 rings (SSSR count). The van der Waals surface area contributed by atoms with Crippen LogP contribution in [0.25, 0.3) is 11.1 Å². The zero-order valence-corrected chi connectivity index (χ0v) is 17.6. The number of carbonyl (C=O) groups excluding carboxylic acids is 1. The van der Waals surface area contributed by atoms with Crippen molar-refractivity contribution in [1.82, 2.24) is 4.98 Å². The van der Waals surface area contributed by atoms with Gasteiger partial charge in [-0.15, -0.1) is 0 Å². The molecule has 1 heterocycles. The summed E-state index contributed by atoms with van der Waals surface area (Å²) in [6, 6.07) is 12.0. The zero-order chi connectivity index (χ0) is 21.9. The highest BCUT2D eigenvalue weighted by molar-refractivity contribution is 5.93. The normalized spacial score (nSPS) is 18.8. The van der Waals surface area contributed by atoms with Gasteiger partial charge in [0.25, 0.3) is 0 Å². The number of amides is 1. The predicted octanol–water partition coefficient (Wildman–Crippen LogP) is 3.74. The number of benzene rings is 1. The monoisotopic (exact) mass is 403 g/mol. The minimum absolute atomic E-state index is 0.245. The summed E-state index contributed by atoms with van der Waals surface area (Å²) in [7, 11) is 3.15. The maximum absolute atomic E-state index is 11.9. The van der Waals surface area contributed by atoms with E-state index >= 15 is 0 Å². The highest BCUT2D eigenvalue weighted by Crippen LogP contribution is 2.44. The molecular weight excluding hydrogens is 378 g/mol. The zero-order valence-electron chi connectivity index (χ0n) is 17.6. The van der Waals surface area contributed by atoms with Crippen molar-refractivity contribution in [1.29, 1.82) is 5.26 Å². The summed E-state index contributed by atoms with van der Waals surface area (Å²) < 4.78 is 11.6. The molecule has 0 aliphatic heterocycles. The highest BCUT2D eigenvalue weighted by Gasteiger charge is 2.42. The van der Waals surface area contributed by atoms with E-state index in [1.165, 1.54) is 0 Å². The molecule has 0 radical (unpaired) electrons. The van der Waals surface area contributed by atoms with Gasteiger partial charge in [-0.1, -0.05) is 12.1 Å². The second-order valence-electron chi connectivity index (χ2n) is 7.73. The van der Waals surface area contributed by atoms with E-state index in [1.807, 2.05) is 44.2 Å². The van der Waals surface area contributed by atoms with E-state index in [0.29, 0.717) is 11.3 Å². The van der Waals surface area contributed by atoms with E-state index in [1.54, 1.807) is 38.8 Å². The van der Waals surface area contributed by atoms with Gasteiger partial charge in [-0.25, -0.2) is 0 Å². The first-order chi connectivity index (χ1) is 14.3. The summed E-state index contributed by atoms with van der Waals surface area (Å²) in [5.41, 5.74) is 7.79. The molecule has 2 aromatic rings. The van der Waals surface area contributed by atoms with Gasteiger partial charge < -0.3 is 15.2 Å². The molecule has 0 saturated heterocycles. The first-order valence-electron chi connectivity index (χ1n) is 9.56. The minimum Gasteiger partial charge on any atom is -0.498 e. The van der Waals surface area contributed by atoms with Crippen LogP contribution in [0.5, 0.6) is 0 Å². The van der Waals surface area contributed by atoms with E-state index in [4.69, 9.17) is 15.2 Å². The van der Waals surface area contributed by atoms with Crippen molar-refractivity contribution < 1.29 is 14.3 Å². The van der Waals surface area contributed by atoms with Crippen molar-refractivity contribution in [3.05, 3.63) is 77.3 Å². The maximum atomic E-state index is 11.9. The summed E-state index contributed by atoms with van der Waals surface area (Å²) in [4.78, 5) is 16.0. The molecule has 1 atom stereocenters. The van der Waals surface area contributed by atoms with E-state index in [2.05, 4.69) is 11.1 Å². The molecule has 1 aromatic heterocycles. The molecule has 1 unspecified atom stereocenters. The summed E-state index contributed by atoms with van der Waals surface area (Å²) in [6.07, 6.45) is 7.05. The predicted molar refractivity (Wildman–Crippen MR) is 114 cm³/mol. The number of hydrogen-bond donors (Lipinski definition) is 1. The number of pyridine rings is 1. The Hall–Kier alpha value is -3.43. The van der Waals surface area contributed by atoms with Crippen LogP contribution in [0.1, 0.15) is 31.4 Å². The van der Waals surface area contributed by atoms with Crippen LogP contribution in [0.15, 0.2) is 66.2 Å². The van der Waals surface area contributed by atoms with Crippen molar-refractivity contribution >= 4 is 5.91 Å². The van der Waals surface area contributed by atoms with Gasteiger partial charge in [0.2, 0.25) is 5.91 Å². The molecule has 154 valence electrons. The Morgan fingerprint density at radius 1 is 1.20 bits per heavy atom. The average Bonchev–Trinajstić information content (AvgIpc) is 2.78. The Morgan fingerprint density at radius 3 is 2.47 bits per heavy atom. The van der Waals surface area contributed by atoms with Gasteiger partial charge in [0.1, 0.15) is 5.76 Å². The number of primary amides is 1. The fourth-order valence-corrected chi connectivity index (χ4v) is 3.83. The number of hydrogen-bond acceptors (Lipinski definition) is 5. The largest absolute Gasteiger partial charge is 0.498 e. The van der Waals surface area contributed by atoms with E-state index in [0.717, 1.165) is 22.3 Å². The molecule has 0 spiro atoms. The van der Waals surface area contributed by atoms with Crippen molar-refractivity contribution in [3.63, 3.8) is 0 Å². The van der Waals surface area contributed by atoms with Crippen LogP contribution in [-0.2, 0) is 25.3 Å². The molecule has 1 amide bonds. The second-order valence-corrected chi connectivity index (χ2v) is 7.73. The van der Waals surface area contributed by atoms with Gasteiger partial charge in [0.05, 0.1) is 18.6 Å². The molecular formula is C24H25N3O3. The first kappa shape index (κ1) is 21.3. The molecule has 1 aromatic carbocycles. The van der Waals surface area contributed by atoms with Crippen molar-refractivity contribution in [2.24, 2.45) is 5.73 Å². The van der Waals surface area contributed by atoms with E-state index in [-0.39, 0.29) is 6.42 Å². The van der Waals surface area contributed by atoms with Gasteiger partial charge in [-0.2, -0.15) is 5.26 Å². The van der Waals surface area contributed by atoms with Crippen molar-refractivity contribution in [2.45, 2.75) is 31.3 Å². The van der Waals surface area contributed by atoms with Crippen LogP contribution in [0.3, 0.4) is 0 Å². The number of nitrogens with two attached hydrogens (primary N) is 1. The van der Waals surface area contributed by atoms with Crippen LogP contribution >= 0.6 is 0 Å². The molecule has 0 bridgehead atoms. The smallest absolute Gasteiger partial charge is 0.244 e. The minimum atomic E-state index is -1.01. The third kappa shape index (κ3) is 3.60. The number of aromatic nitrogens is 1. The SMILES string of the molecule is COC1=CC=C(C(N)=O)CC1(OC)c1ccc(C(C)(C)C#N)c(-c2ccncc2)c1. The molecule has 1 aliphatic rings. The fraction of sp³-hybridized carbons (Fsp3) is 0.292. The summed E-state index contributed by atoms with van der Waals surface area (Å²) in [6.45, 7) is 3.77. The Bertz CT molecular complexity index is 1060. The van der Waals surface area contributed by atoms with Crippen LogP contribution in [0.2, 0.25) is 0 Å². The Kier molecular flexibility index (Phi) is 5.77. The molecule has 30 heavy (non-hydrogen) atoms. The first-order valence-corrected chi connectivity index (χ1v) is 9.56. The molecule has 6 heteroatoms. The number of carbonyl (C=O) groups is 1. The number of allylic oxidation sites excluding steroid dienone is 2. The molecule has 6 nitrogen and oxygen atoms in total. The van der Waals surface area contributed by atoms with Gasteiger partial charge in [0, 0.05) is 31.5 Å². The van der Waals surface area contributed by atoms with Crippen LogP contribution < -0.4 is 5.73 Å². The second kappa shape index (κ2) is 8.13. The molecule has 1 aliphatic carbocycles. The van der Waals surface area contributed by atoms with Crippen LogP contribution in [-0.4, -0.2) is 25.1 Å². The van der Waals surface area contributed by atoms with Gasteiger partial charge in [0.15, 0.2) is 5.60 Å². The van der Waals surface area contributed by atoms with Crippen LogP contribution in [0.4, 0.5) is 0 Å². The Balaban J connectivity index is 2.26. The van der Waals surface area contributed by atoms with Gasteiger partial charge in [-0.05, 0) is 66.5 Å². The molecule has 0 fully saturated rings. The number of nitrogens with zero attached hydrogens (tertiary/aromatic N) is 2. The summed E-state index contributed by atoms with van der Waals surface area (Å²) >= 11 is 0. The average molecular weight is 403 g/mol. The summed E-state index contributed by atoms with van der Waals surface area (Å²) in [5.74, 6) is 0.0717. The van der Waals surface area contributed by atoms with Crippen molar-refractivity contribution in [2.75, 3.05) is 14.2 Å². The third-order valence-electron chi connectivity index (χ3n) is 5.59. The summed E-state index contributed by atoms with van der Waals surface area (Å²) in [5, 5.41) is 9.73. The number of nitriles is 1. The Labute approximate surface area is 176 Å². The fourth-order valence-electron chi connectivity index (χ4n) is 3.83.